The normalized spacial score (nSPS) is 14.3. The molecule has 0 saturated heterocycles. The van der Waals surface area contributed by atoms with Crippen molar-refractivity contribution in [2.75, 3.05) is 0 Å². The van der Waals surface area contributed by atoms with Gasteiger partial charge < -0.3 is 0 Å². The standard InChI is InChI=1S/C14H8FNO2S/c1-7-12-10(14(18)16-13(7)17)6-11(19-12)8-2-4-9(15)5-3-8/h2-6H,1H2,(H,16,17,18). The molecule has 0 radical (unpaired) electrons. The molecule has 1 aromatic heterocycles. The molecular formula is C14H8FNO2S. The summed E-state index contributed by atoms with van der Waals surface area (Å²) in [5.41, 5.74) is 1.52. The Morgan fingerprint density at radius 3 is 2.47 bits per heavy atom. The molecule has 0 atom stereocenters. The first-order valence-corrected chi connectivity index (χ1v) is 6.32. The van der Waals surface area contributed by atoms with E-state index in [0.29, 0.717) is 10.4 Å². The van der Waals surface area contributed by atoms with Gasteiger partial charge >= 0.3 is 0 Å². The molecular weight excluding hydrogens is 265 g/mol. The van der Waals surface area contributed by atoms with Gasteiger partial charge in [-0.15, -0.1) is 11.3 Å². The first-order chi connectivity index (χ1) is 9.06. The van der Waals surface area contributed by atoms with Crippen LogP contribution in [0.3, 0.4) is 0 Å². The number of nitrogens with one attached hydrogen (secondary N) is 1. The number of hydrogen-bond acceptors (Lipinski definition) is 3. The Hall–Kier alpha value is -2.27. The molecule has 2 aromatic rings. The number of hydrogen-bond donors (Lipinski definition) is 1. The summed E-state index contributed by atoms with van der Waals surface area (Å²) >= 11 is 1.31. The fraction of sp³-hybridized carbons (Fsp3) is 0. The second-order valence-electron chi connectivity index (χ2n) is 4.12. The zero-order valence-corrected chi connectivity index (χ0v) is 10.5. The largest absolute Gasteiger partial charge is 0.288 e. The maximum atomic E-state index is 12.9. The van der Waals surface area contributed by atoms with Crippen molar-refractivity contribution in [3.8, 4) is 10.4 Å². The highest BCUT2D eigenvalue weighted by molar-refractivity contribution is 7.17. The van der Waals surface area contributed by atoms with Crippen LogP contribution in [0.1, 0.15) is 15.2 Å². The Balaban J connectivity index is 2.12. The number of fused-ring (bicyclic) bond motifs is 1. The van der Waals surface area contributed by atoms with E-state index in [0.717, 1.165) is 10.4 Å². The van der Waals surface area contributed by atoms with E-state index in [2.05, 4.69) is 11.9 Å². The molecule has 1 aliphatic rings. The quantitative estimate of drug-likeness (QED) is 0.641. The van der Waals surface area contributed by atoms with Crippen molar-refractivity contribution in [3.05, 3.63) is 53.2 Å². The highest BCUT2D eigenvalue weighted by Crippen LogP contribution is 2.36. The minimum absolute atomic E-state index is 0.285. The molecule has 3 rings (SSSR count). The minimum Gasteiger partial charge on any atom is -0.288 e. The van der Waals surface area contributed by atoms with Crippen LogP contribution in [0.5, 0.6) is 0 Å². The van der Waals surface area contributed by atoms with Gasteiger partial charge in [0.25, 0.3) is 11.8 Å². The number of carbonyl (C=O) groups is 2. The fourth-order valence-electron chi connectivity index (χ4n) is 1.89. The van der Waals surface area contributed by atoms with Gasteiger partial charge in [0.05, 0.1) is 16.0 Å². The molecule has 94 valence electrons. The maximum absolute atomic E-state index is 12.9. The predicted octanol–water partition coefficient (Wildman–Crippen LogP) is 2.84. The molecule has 5 heteroatoms. The van der Waals surface area contributed by atoms with Gasteiger partial charge in [-0.25, -0.2) is 4.39 Å². The lowest BCUT2D eigenvalue weighted by Gasteiger charge is -2.12. The van der Waals surface area contributed by atoms with Crippen molar-refractivity contribution >= 4 is 28.7 Å². The molecule has 1 N–H and O–H groups in total. The van der Waals surface area contributed by atoms with Gasteiger partial charge in [0.2, 0.25) is 0 Å². The Morgan fingerprint density at radius 2 is 1.79 bits per heavy atom. The number of amides is 2. The zero-order valence-electron chi connectivity index (χ0n) is 9.70. The predicted molar refractivity (Wildman–Crippen MR) is 71.2 cm³/mol. The third-order valence-electron chi connectivity index (χ3n) is 2.88. The lowest BCUT2D eigenvalue weighted by atomic mass is 10.1. The molecule has 2 heterocycles. The number of thiophene rings is 1. The lowest BCUT2D eigenvalue weighted by molar-refractivity contribution is -0.114. The summed E-state index contributed by atoms with van der Waals surface area (Å²) in [5.74, 6) is -1.20. The highest BCUT2D eigenvalue weighted by Gasteiger charge is 2.28. The minimum atomic E-state index is -0.468. The average molecular weight is 273 g/mol. The van der Waals surface area contributed by atoms with Crippen molar-refractivity contribution < 1.29 is 14.0 Å². The first kappa shape index (κ1) is 11.8. The van der Waals surface area contributed by atoms with E-state index < -0.39 is 11.8 Å². The zero-order chi connectivity index (χ0) is 13.6. The number of halogens is 1. The van der Waals surface area contributed by atoms with E-state index in [1.54, 1.807) is 18.2 Å². The molecule has 0 bridgehead atoms. The van der Waals surface area contributed by atoms with Crippen LogP contribution in [0.2, 0.25) is 0 Å². The van der Waals surface area contributed by atoms with Crippen LogP contribution in [-0.2, 0) is 4.79 Å². The molecule has 0 spiro atoms. The molecule has 1 aromatic carbocycles. The van der Waals surface area contributed by atoms with E-state index in [1.807, 2.05) is 0 Å². The molecule has 2 amide bonds. The summed E-state index contributed by atoms with van der Waals surface area (Å²) in [7, 11) is 0. The van der Waals surface area contributed by atoms with E-state index in [-0.39, 0.29) is 11.4 Å². The Morgan fingerprint density at radius 1 is 1.11 bits per heavy atom. The van der Waals surface area contributed by atoms with Crippen molar-refractivity contribution in [1.82, 2.24) is 5.32 Å². The Kier molecular flexibility index (Phi) is 2.57. The van der Waals surface area contributed by atoms with E-state index >= 15 is 0 Å². The molecule has 0 aliphatic carbocycles. The second-order valence-corrected chi connectivity index (χ2v) is 5.17. The monoisotopic (exact) mass is 273 g/mol. The summed E-state index contributed by atoms with van der Waals surface area (Å²) in [6.45, 7) is 3.68. The Labute approximate surface area is 112 Å². The fourth-order valence-corrected chi connectivity index (χ4v) is 3.02. The van der Waals surface area contributed by atoms with Gasteiger partial charge in [-0.3, -0.25) is 14.9 Å². The Bertz CT molecular complexity index is 716. The molecule has 0 unspecified atom stereocenters. The number of carbonyl (C=O) groups excluding carboxylic acids is 2. The third kappa shape index (κ3) is 1.88. The van der Waals surface area contributed by atoms with Crippen LogP contribution in [0.4, 0.5) is 4.39 Å². The molecule has 1 aliphatic heterocycles. The van der Waals surface area contributed by atoms with Gasteiger partial charge in [-0.05, 0) is 23.8 Å². The molecule has 0 saturated carbocycles. The van der Waals surface area contributed by atoms with Gasteiger partial charge in [0.1, 0.15) is 5.82 Å². The van der Waals surface area contributed by atoms with Gasteiger partial charge in [0, 0.05) is 4.88 Å². The maximum Gasteiger partial charge on any atom is 0.259 e. The number of rotatable bonds is 1. The van der Waals surface area contributed by atoms with E-state index in [4.69, 9.17) is 0 Å². The summed E-state index contributed by atoms with van der Waals surface area (Å²) < 4.78 is 12.9. The van der Waals surface area contributed by atoms with Crippen molar-refractivity contribution in [3.63, 3.8) is 0 Å². The van der Waals surface area contributed by atoms with Gasteiger partial charge in [-0.1, -0.05) is 18.7 Å². The van der Waals surface area contributed by atoms with Crippen LogP contribution in [0.15, 0.2) is 36.9 Å². The highest BCUT2D eigenvalue weighted by atomic mass is 32.1. The van der Waals surface area contributed by atoms with Crippen LogP contribution < -0.4 is 5.32 Å². The van der Waals surface area contributed by atoms with E-state index in [9.17, 15) is 14.0 Å². The second kappa shape index (κ2) is 4.13. The summed E-state index contributed by atoms with van der Waals surface area (Å²) in [6, 6.07) is 7.67. The smallest absolute Gasteiger partial charge is 0.259 e. The van der Waals surface area contributed by atoms with Crippen LogP contribution >= 0.6 is 11.3 Å². The van der Waals surface area contributed by atoms with Crippen molar-refractivity contribution in [2.45, 2.75) is 0 Å². The van der Waals surface area contributed by atoms with E-state index in [1.165, 1.54) is 23.5 Å². The average Bonchev–Trinajstić information content (AvgIpc) is 2.83. The van der Waals surface area contributed by atoms with Gasteiger partial charge in [0.15, 0.2) is 0 Å². The molecule has 19 heavy (non-hydrogen) atoms. The van der Waals surface area contributed by atoms with Crippen LogP contribution in [-0.4, -0.2) is 11.8 Å². The van der Waals surface area contributed by atoms with Crippen molar-refractivity contribution in [1.29, 1.82) is 0 Å². The SMILES string of the molecule is C=C1C(=O)NC(=O)c2cc(-c3ccc(F)cc3)sc21. The first-order valence-electron chi connectivity index (χ1n) is 5.51. The van der Waals surface area contributed by atoms with Crippen molar-refractivity contribution in [2.24, 2.45) is 0 Å². The summed E-state index contributed by atoms with van der Waals surface area (Å²) in [5, 5.41) is 2.23. The van der Waals surface area contributed by atoms with Gasteiger partial charge in [-0.2, -0.15) is 0 Å². The molecule has 0 fully saturated rings. The molecule has 3 nitrogen and oxygen atoms in total. The third-order valence-corrected chi connectivity index (χ3v) is 4.12. The van der Waals surface area contributed by atoms with Crippen LogP contribution in [0, 0.1) is 5.82 Å². The number of imide groups is 1. The number of benzene rings is 1. The summed E-state index contributed by atoms with van der Waals surface area (Å²) in [4.78, 5) is 24.6. The van der Waals surface area contributed by atoms with Crippen LogP contribution in [0.25, 0.3) is 16.0 Å². The lowest BCUT2D eigenvalue weighted by Crippen LogP contribution is -2.35. The topological polar surface area (TPSA) is 46.2 Å². The summed E-state index contributed by atoms with van der Waals surface area (Å²) in [6.07, 6.45) is 0.